The summed E-state index contributed by atoms with van der Waals surface area (Å²) in [6, 6.07) is 1.10. The van der Waals surface area contributed by atoms with Crippen molar-refractivity contribution in [2.75, 3.05) is 20.8 Å². The molecule has 0 aliphatic rings. The maximum absolute atomic E-state index is 14.0. The number of carbonyl (C=O) groups excluding carboxylic acids is 2. The first kappa shape index (κ1) is 15.2. The summed E-state index contributed by atoms with van der Waals surface area (Å²) in [6.07, 6.45) is 0. The van der Waals surface area contributed by atoms with Gasteiger partial charge < -0.3 is 14.2 Å². The highest BCUT2D eigenvalue weighted by Crippen LogP contribution is 2.37. The van der Waals surface area contributed by atoms with E-state index in [2.05, 4.69) is 4.74 Å². The normalized spacial score (nSPS) is 9.95. The van der Waals surface area contributed by atoms with Gasteiger partial charge in [0, 0.05) is 0 Å². The summed E-state index contributed by atoms with van der Waals surface area (Å²) in [7, 11) is 2.38. The molecule has 0 atom stereocenters. The fourth-order valence-corrected chi connectivity index (χ4v) is 1.72. The molecule has 0 bridgehead atoms. The van der Waals surface area contributed by atoms with Crippen LogP contribution in [0.1, 0.15) is 17.3 Å². The lowest BCUT2D eigenvalue weighted by Gasteiger charge is -2.12. The van der Waals surface area contributed by atoms with Gasteiger partial charge in [-0.05, 0) is 13.0 Å². The van der Waals surface area contributed by atoms with E-state index in [0.717, 1.165) is 13.2 Å². The van der Waals surface area contributed by atoms with Gasteiger partial charge in [0.1, 0.15) is 0 Å². The maximum Gasteiger partial charge on any atom is 0.379 e. The van der Waals surface area contributed by atoms with Crippen molar-refractivity contribution in [3.63, 3.8) is 0 Å². The Morgan fingerprint density at radius 2 is 1.84 bits per heavy atom. The number of carbonyl (C=O) groups is 2. The summed E-state index contributed by atoms with van der Waals surface area (Å²) < 4.78 is 28.0. The zero-order chi connectivity index (χ0) is 14.6. The molecule has 0 spiro atoms. The predicted molar refractivity (Wildman–Crippen MR) is 65.5 cm³/mol. The fraction of sp³-hybridized carbons (Fsp3) is 0.333. The highest BCUT2D eigenvalue weighted by molar-refractivity contribution is 6.42. The molecular formula is C12H12ClFO5. The van der Waals surface area contributed by atoms with Crippen LogP contribution in [0.3, 0.4) is 0 Å². The molecule has 0 amide bonds. The van der Waals surface area contributed by atoms with E-state index < -0.39 is 23.3 Å². The second-order valence-corrected chi connectivity index (χ2v) is 3.74. The minimum absolute atomic E-state index is 0.0270. The highest BCUT2D eigenvalue weighted by atomic mass is 35.5. The molecular weight excluding hydrogens is 279 g/mol. The Labute approximate surface area is 114 Å². The molecule has 7 heteroatoms. The van der Waals surface area contributed by atoms with Crippen molar-refractivity contribution < 1.29 is 28.2 Å². The van der Waals surface area contributed by atoms with E-state index in [9.17, 15) is 14.0 Å². The van der Waals surface area contributed by atoms with E-state index in [1.807, 2.05) is 0 Å². The Morgan fingerprint density at radius 3 is 2.32 bits per heavy atom. The second kappa shape index (κ2) is 6.38. The zero-order valence-corrected chi connectivity index (χ0v) is 11.3. The van der Waals surface area contributed by atoms with Gasteiger partial charge in [-0.3, -0.25) is 4.79 Å². The Kier molecular flexibility index (Phi) is 5.11. The minimum atomic E-state index is -1.11. The molecule has 5 nitrogen and oxygen atoms in total. The third-order valence-corrected chi connectivity index (χ3v) is 2.53. The monoisotopic (exact) mass is 290 g/mol. The lowest BCUT2D eigenvalue weighted by molar-refractivity contribution is -0.137. The average molecular weight is 291 g/mol. The number of Topliss-reactive ketones (excluding diaryl/α,β-unsaturated/α-hetero) is 1. The molecule has 0 aliphatic carbocycles. The van der Waals surface area contributed by atoms with Crippen LogP contribution in [0.2, 0.25) is 5.02 Å². The molecule has 1 rings (SSSR count). The number of esters is 1. The number of ether oxygens (including phenoxy) is 3. The first-order valence-corrected chi connectivity index (χ1v) is 5.67. The summed E-state index contributed by atoms with van der Waals surface area (Å²) in [5.41, 5.74) is -0.316. The van der Waals surface area contributed by atoms with Gasteiger partial charge in [0.2, 0.25) is 5.82 Å². The summed E-state index contributed by atoms with van der Waals surface area (Å²) >= 11 is 5.76. The predicted octanol–water partition coefficient (Wildman–Crippen LogP) is 2.24. The van der Waals surface area contributed by atoms with Crippen molar-refractivity contribution in [3.05, 3.63) is 22.5 Å². The molecule has 0 aliphatic heterocycles. The molecule has 0 aromatic heterocycles. The summed E-state index contributed by atoms with van der Waals surface area (Å²) in [4.78, 5) is 23.2. The van der Waals surface area contributed by atoms with Crippen molar-refractivity contribution in [2.24, 2.45) is 0 Å². The number of ketones is 1. The van der Waals surface area contributed by atoms with Crippen molar-refractivity contribution in [3.8, 4) is 11.5 Å². The van der Waals surface area contributed by atoms with E-state index in [1.165, 1.54) is 7.11 Å². The van der Waals surface area contributed by atoms with Gasteiger partial charge >= 0.3 is 5.97 Å². The molecule has 1 aromatic rings. The van der Waals surface area contributed by atoms with Crippen LogP contribution in [0.15, 0.2) is 6.07 Å². The third-order valence-electron chi connectivity index (χ3n) is 2.25. The number of halogens is 2. The van der Waals surface area contributed by atoms with Crippen LogP contribution >= 0.6 is 11.6 Å². The standard InChI is InChI=1S/C12H12ClFO5/c1-4-19-12(16)9(15)6-5-7(13)11(18-3)8(14)10(6)17-2/h5H,4H2,1-3H3. The average Bonchev–Trinajstić information content (AvgIpc) is 2.38. The summed E-state index contributed by atoms with van der Waals surface area (Å²) in [5, 5.41) is -0.145. The van der Waals surface area contributed by atoms with Crippen LogP contribution in [-0.2, 0) is 9.53 Å². The Bertz CT molecular complexity index is 515. The van der Waals surface area contributed by atoms with Gasteiger partial charge in [-0.1, -0.05) is 11.6 Å². The van der Waals surface area contributed by atoms with Crippen LogP contribution in [0.25, 0.3) is 0 Å². The number of benzene rings is 1. The lowest BCUT2D eigenvalue weighted by Crippen LogP contribution is -2.19. The number of methoxy groups -OCH3 is 2. The first-order valence-electron chi connectivity index (χ1n) is 5.29. The van der Waals surface area contributed by atoms with E-state index in [0.29, 0.717) is 0 Å². The molecule has 0 fully saturated rings. The van der Waals surface area contributed by atoms with Crippen molar-refractivity contribution in [1.82, 2.24) is 0 Å². The summed E-state index contributed by atoms with van der Waals surface area (Å²) in [6.45, 7) is 1.57. The van der Waals surface area contributed by atoms with Crippen LogP contribution < -0.4 is 9.47 Å². The van der Waals surface area contributed by atoms with Gasteiger partial charge in [-0.2, -0.15) is 4.39 Å². The van der Waals surface area contributed by atoms with Crippen LogP contribution in [-0.4, -0.2) is 32.6 Å². The molecule has 0 N–H and O–H groups in total. The van der Waals surface area contributed by atoms with Crippen molar-refractivity contribution >= 4 is 23.4 Å². The SMILES string of the molecule is CCOC(=O)C(=O)c1cc(Cl)c(OC)c(F)c1OC. The third kappa shape index (κ3) is 2.96. The second-order valence-electron chi connectivity index (χ2n) is 3.34. The van der Waals surface area contributed by atoms with E-state index in [4.69, 9.17) is 21.1 Å². The van der Waals surface area contributed by atoms with Gasteiger partial charge in [-0.15, -0.1) is 0 Å². The van der Waals surface area contributed by atoms with E-state index in [-0.39, 0.29) is 22.9 Å². The smallest absolute Gasteiger partial charge is 0.379 e. The number of rotatable bonds is 5. The Morgan fingerprint density at radius 1 is 1.26 bits per heavy atom. The van der Waals surface area contributed by atoms with Crippen LogP contribution in [0.4, 0.5) is 4.39 Å². The van der Waals surface area contributed by atoms with Crippen molar-refractivity contribution in [2.45, 2.75) is 6.92 Å². The fourth-order valence-electron chi connectivity index (χ4n) is 1.45. The van der Waals surface area contributed by atoms with Gasteiger partial charge in [-0.25, -0.2) is 4.79 Å². The topological polar surface area (TPSA) is 61.8 Å². The zero-order valence-electron chi connectivity index (χ0n) is 10.6. The minimum Gasteiger partial charge on any atom is -0.493 e. The molecule has 0 unspecified atom stereocenters. The Balaban J connectivity index is 3.36. The van der Waals surface area contributed by atoms with E-state index >= 15 is 0 Å². The van der Waals surface area contributed by atoms with E-state index in [1.54, 1.807) is 6.92 Å². The molecule has 1 aromatic carbocycles. The molecule has 0 saturated carbocycles. The molecule has 0 heterocycles. The summed E-state index contributed by atoms with van der Waals surface area (Å²) in [5.74, 6) is -3.79. The van der Waals surface area contributed by atoms with Crippen LogP contribution in [0.5, 0.6) is 11.5 Å². The van der Waals surface area contributed by atoms with Gasteiger partial charge in [0.25, 0.3) is 5.78 Å². The van der Waals surface area contributed by atoms with Gasteiger partial charge in [0.15, 0.2) is 11.5 Å². The largest absolute Gasteiger partial charge is 0.493 e. The molecule has 0 saturated heterocycles. The quantitative estimate of drug-likeness (QED) is 0.473. The van der Waals surface area contributed by atoms with Crippen molar-refractivity contribution in [1.29, 1.82) is 0 Å². The Hall–Kier alpha value is -1.82. The lowest BCUT2D eigenvalue weighted by atomic mass is 10.1. The van der Waals surface area contributed by atoms with Crippen LogP contribution in [0, 0.1) is 5.82 Å². The highest BCUT2D eigenvalue weighted by Gasteiger charge is 2.27. The maximum atomic E-state index is 14.0. The molecule has 0 radical (unpaired) electrons. The van der Waals surface area contributed by atoms with Gasteiger partial charge in [0.05, 0.1) is 31.4 Å². The molecule has 104 valence electrons. The first-order chi connectivity index (χ1) is 8.97. The molecule has 19 heavy (non-hydrogen) atoms. The number of hydrogen-bond donors (Lipinski definition) is 0. The number of hydrogen-bond acceptors (Lipinski definition) is 5.